The third-order valence-corrected chi connectivity index (χ3v) is 6.33. The quantitative estimate of drug-likeness (QED) is 0.683. The molecule has 0 amide bonds. The van der Waals surface area contributed by atoms with Crippen LogP contribution >= 0.6 is 11.3 Å². The molecule has 0 radical (unpaired) electrons. The predicted octanol–water partition coefficient (Wildman–Crippen LogP) is 1.53. The summed E-state index contributed by atoms with van der Waals surface area (Å²) in [7, 11) is 3.20. The van der Waals surface area contributed by atoms with E-state index in [-0.39, 0.29) is 18.1 Å². The molecule has 0 saturated carbocycles. The van der Waals surface area contributed by atoms with Crippen LogP contribution in [0.5, 0.6) is 0 Å². The zero-order chi connectivity index (χ0) is 19.7. The van der Waals surface area contributed by atoms with Gasteiger partial charge in [0.2, 0.25) is 0 Å². The zero-order valence-corrected chi connectivity index (χ0v) is 17.2. The van der Waals surface area contributed by atoms with Crippen LogP contribution in [0, 0.1) is 5.92 Å². The van der Waals surface area contributed by atoms with E-state index in [0.29, 0.717) is 18.4 Å². The van der Waals surface area contributed by atoms with Crippen molar-refractivity contribution in [1.29, 1.82) is 0 Å². The Morgan fingerprint density at radius 3 is 2.96 bits per heavy atom. The van der Waals surface area contributed by atoms with Crippen LogP contribution in [0.3, 0.4) is 0 Å². The second-order valence-electron chi connectivity index (χ2n) is 7.92. The minimum Gasteiger partial charge on any atom is -0.468 e. The summed E-state index contributed by atoms with van der Waals surface area (Å²) in [6.07, 6.45) is 1.15. The number of carbonyl (C=O) groups excluding carboxylic acids is 1. The standard InChI is InChI=1S/C20H26N4O3S/c1-22(11-19(25)27-2)8-15-3-4-18-16-5-14(7-24(18)20(15)26)6-23(9-16)10-17-12-28-13-21-17/h3-4,12-14,16H,5-11H2,1-2H3/t14-,16+/m0/s1. The van der Waals surface area contributed by atoms with Crippen LogP contribution in [-0.4, -0.2) is 59.1 Å². The lowest BCUT2D eigenvalue weighted by Crippen LogP contribution is -2.47. The van der Waals surface area contributed by atoms with Crippen molar-refractivity contribution < 1.29 is 9.53 Å². The third-order valence-electron chi connectivity index (χ3n) is 5.69. The molecular formula is C20H26N4O3S. The second-order valence-corrected chi connectivity index (χ2v) is 8.64. The number of pyridine rings is 1. The Morgan fingerprint density at radius 2 is 2.21 bits per heavy atom. The highest BCUT2D eigenvalue weighted by atomic mass is 32.1. The van der Waals surface area contributed by atoms with Crippen molar-refractivity contribution in [3.63, 3.8) is 0 Å². The molecule has 0 aliphatic carbocycles. The van der Waals surface area contributed by atoms with Crippen molar-refractivity contribution in [3.05, 3.63) is 50.3 Å². The first kappa shape index (κ1) is 19.3. The number of hydrogen-bond donors (Lipinski definition) is 0. The lowest BCUT2D eigenvalue weighted by molar-refractivity contribution is -0.141. The van der Waals surface area contributed by atoms with Crippen LogP contribution in [0.15, 0.2) is 27.8 Å². The fourth-order valence-corrected chi connectivity index (χ4v) is 5.07. The molecule has 2 atom stereocenters. The van der Waals surface area contributed by atoms with Crippen molar-refractivity contribution >= 4 is 17.3 Å². The van der Waals surface area contributed by atoms with E-state index in [0.717, 1.165) is 49.6 Å². The van der Waals surface area contributed by atoms with Gasteiger partial charge in [-0.05, 0) is 25.5 Å². The largest absolute Gasteiger partial charge is 0.468 e. The minimum absolute atomic E-state index is 0.0804. The maximum atomic E-state index is 13.1. The van der Waals surface area contributed by atoms with Crippen LogP contribution < -0.4 is 5.56 Å². The summed E-state index contributed by atoms with van der Waals surface area (Å²) in [5.41, 5.74) is 4.97. The fourth-order valence-electron chi connectivity index (χ4n) is 4.52. The molecule has 150 valence electrons. The number of piperidine rings is 1. The molecule has 2 aliphatic heterocycles. The van der Waals surface area contributed by atoms with Crippen molar-refractivity contribution in [3.8, 4) is 0 Å². The van der Waals surface area contributed by atoms with E-state index < -0.39 is 0 Å². The minimum atomic E-state index is -0.296. The fraction of sp³-hybridized carbons (Fsp3) is 0.550. The van der Waals surface area contributed by atoms with Gasteiger partial charge in [0, 0.05) is 55.3 Å². The van der Waals surface area contributed by atoms with Gasteiger partial charge in [-0.1, -0.05) is 6.07 Å². The first-order chi connectivity index (χ1) is 13.5. The summed E-state index contributed by atoms with van der Waals surface area (Å²) in [5.74, 6) is 0.585. The van der Waals surface area contributed by atoms with Gasteiger partial charge in [0.15, 0.2) is 0 Å². The number of likely N-dealkylation sites (tertiary alicyclic amines) is 1. The smallest absolute Gasteiger partial charge is 0.319 e. The van der Waals surface area contributed by atoms with Crippen LogP contribution in [0.4, 0.5) is 0 Å². The van der Waals surface area contributed by atoms with E-state index in [1.165, 1.54) is 7.11 Å². The Kier molecular flexibility index (Phi) is 5.61. The molecule has 4 heterocycles. The molecule has 0 aromatic carbocycles. The number of fused-ring (bicyclic) bond motifs is 4. The Balaban J connectivity index is 1.50. The zero-order valence-electron chi connectivity index (χ0n) is 16.3. The second kappa shape index (κ2) is 8.14. The summed E-state index contributed by atoms with van der Waals surface area (Å²) in [5, 5.41) is 2.11. The van der Waals surface area contributed by atoms with E-state index in [1.54, 1.807) is 11.3 Å². The molecule has 1 saturated heterocycles. The van der Waals surface area contributed by atoms with E-state index in [9.17, 15) is 9.59 Å². The monoisotopic (exact) mass is 402 g/mol. The number of thiazole rings is 1. The van der Waals surface area contributed by atoms with Gasteiger partial charge in [-0.25, -0.2) is 4.98 Å². The van der Waals surface area contributed by atoms with Gasteiger partial charge in [-0.3, -0.25) is 19.4 Å². The highest BCUT2D eigenvalue weighted by Gasteiger charge is 2.35. The number of likely N-dealkylation sites (N-methyl/N-ethyl adjacent to an activating group) is 1. The Hall–Kier alpha value is -2.03. The summed E-state index contributed by atoms with van der Waals surface area (Å²) in [6, 6.07) is 4.04. The Labute approximate surface area is 168 Å². The van der Waals surface area contributed by atoms with Crippen molar-refractivity contribution in [1.82, 2.24) is 19.4 Å². The number of methoxy groups -OCH3 is 1. The molecule has 28 heavy (non-hydrogen) atoms. The average Bonchev–Trinajstić information content (AvgIpc) is 3.17. The van der Waals surface area contributed by atoms with Gasteiger partial charge < -0.3 is 9.30 Å². The lowest BCUT2D eigenvalue weighted by Gasteiger charge is -2.42. The molecule has 2 aromatic rings. The number of aromatic nitrogens is 2. The number of esters is 1. The molecule has 7 nitrogen and oxygen atoms in total. The third kappa shape index (κ3) is 4.04. The SMILES string of the molecule is COC(=O)CN(C)Cc1ccc2n(c1=O)C[C@H]1C[C@@H]2CN(Cc2cscn2)C1. The number of carbonyl (C=O) groups is 1. The lowest BCUT2D eigenvalue weighted by atomic mass is 9.83. The van der Waals surface area contributed by atoms with Gasteiger partial charge in [-0.2, -0.15) is 0 Å². The van der Waals surface area contributed by atoms with Crippen LogP contribution in [0.2, 0.25) is 0 Å². The van der Waals surface area contributed by atoms with Crippen molar-refractivity contribution in [2.45, 2.75) is 32.0 Å². The maximum Gasteiger partial charge on any atom is 0.319 e. The molecule has 0 N–H and O–H groups in total. The number of nitrogens with zero attached hydrogens (tertiary/aromatic N) is 4. The van der Waals surface area contributed by atoms with E-state index >= 15 is 0 Å². The van der Waals surface area contributed by atoms with Gasteiger partial charge in [-0.15, -0.1) is 11.3 Å². The number of ether oxygens (including phenoxy) is 1. The van der Waals surface area contributed by atoms with Crippen molar-refractivity contribution in [2.75, 3.05) is 33.8 Å². The molecule has 2 bridgehead atoms. The van der Waals surface area contributed by atoms with Gasteiger partial charge in [0.05, 0.1) is 24.9 Å². The predicted molar refractivity (Wildman–Crippen MR) is 107 cm³/mol. The highest BCUT2D eigenvalue weighted by Crippen LogP contribution is 2.35. The van der Waals surface area contributed by atoms with E-state index in [4.69, 9.17) is 4.74 Å². The van der Waals surface area contributed by atoms with Gasteiger partial charge in [0.25, 0.3) is 5.56 Å². The summed E-state index contributed by atoms with van der Waals surface area (Å²) < 4.78 is 6.68. The van der Waals surface area contributed by atoms with Crippen LogP contribution in [-0.2, 0) is 29.2 Å². The summed E-state index contributed by atoms with van der Waals surface area (Å²) in [4.78, 5) is 33.2. The normalized spacial score (nSPS) is 21.5. The molecule has 4 rings (SSSR count). The van der Waals surface area contributed by atoms with Crippen molar-refractivity contribution in [2.24, 2.45) is 5.92 Å². The molecule has 2 aromatic heterocycles. The molecule has 0 spiro atoms. The molecule has 2 aliphatic rings. The summed E-state index contributed by atoms with van der Waals surface area (Å²) >= 11 is 1.64. The van der Waals surface area contributed by atoms with E-state index in [2.05, 4.69) is 21.3 Å². The molecule has 0 unspecified atom stereocenters. The topological polar surface area (TPSA) is 67.7 Å². The first-order valence-corrected chi connectivity index (χ1v) is 10.5. The molecule has 1 fully saturated rings. The summed E-state index contributed by atoms with van der Waals surface area (Å²) in [6.45, 7) is 4.25. The van der Waals surface area contributed by atoms with Gasteiger partial charge >= 0.3 is 5.97 Å². The number of rotatable bonds is 6. The molecule has 8 heteroatoms. The Morgan fingerprint density at radius 1 is 1.36 bits per heavy atom. The van der Waals surface area contributed by atoms with E-state index in [1.807, 2.05) is 28.1 Å². The number of hydrogen-bond acceptors (Lipinski definition) is 7. The van der Waals surface area contributed by atoms with Crippen LogP contribution in [0.25, 0.3) is 0 Å². The van der Waals surface area contributed by atoms with Crippen LogP contribution in [0.1, 0.15) is 29.3 Å². The highest BCUT2D eigenvalue weighted by molar-refractivity contribution is 7.07. The maximum absolute atomic E-state index is 13.1. The first-order valence-electron chi connectivity index (χ1n) is 9.61. The van der Waals surface area contributed by atoms with Gasteiger partial charge in [0.1, 0.15) is 0 Å². The molecular weight excluding hydrogens is 376 g/mol. The Bertz CT molecular complexity index is 895. The average molecular weight is 403 g/mol.